The highest BCUT2D eigenvalue weighted by atomic mass is 35.5. The van der Waals surface area contributed by atoms with E-state index >= 15 is 0 Å². The standard InChI is InChI=1S/C17H23ClN2/c1-4-14-9-15-16(19-14)7-13(18)8-17(15)20-6-5-11(2)12(3)10-20/h7-9,11-12,19H,4-6,10H2,1-3H3. The minimum atomic E-state index is 0.738. The number of nitrogens with one attached hydrogen (secondary N) is 1. The van der Waals surface area contributed by atoms with Gasteiger partial charge in [-0.3, -0.25) is 0 Å². The lowest BCUT2D eigenvalue weighted by atomic mass is 9.88. The summed E-state index contributed by atoms with van der Waals surface area (Å²) in [5.74, 6) is 1.56. The van der Waals surface area contributed by atoms with Crippen LogP contribution in [0.25, 0.3) is 10.9 Å². The van der Waals surface area contributed by atoms with Gasteiger partial charge in [0.2, 0.25) is 0 Å². The Bertz CT molecular complexity index is 617. The number of H-pyrrole nitrogens is 1. The molecule has 1 aromatic carbocycles. The molecule has 1 aliphatic heterocycles. The quantitative estimate of drug-likeness (QED) is 0.836. The number of hydrogen-bond acceptors (Lipinski definition) is 1. The van der Waals surface area contributed by atoms with Crippen LogP contribution in [0.3, 0.4) is 0 Å². The number of fused-ring (bicyclic) bond motifs is 1. The SMILES string of the molecule is CCc1cc2c(N3CCC(C)C(C)C3)cc(Cl)cc2[nH]1. The summed E-state index contributed by atoms with van der Waals surface area (Å²) >= 11 is 6.31. The monoisotopic (exact) mass is 290 g/mol. The second-order valence-corrected chi connectivity index (χ2v) is 6.66. The first-order valence-electron chi connectivity index (χ1n) is 7.64. The molecule has 3 heteroatoms. The fourth-order valence-corrected chi connectivity index (χ4v) is 3.39. The molecule has 1 saturated heterocycles. The van der Waals surface area contributed by atoms with Crippen LogP contribution in [-0.4, -0.2) is 18.1 Å². The minimum Gasteiger partial charge on any atom is -0.371 e. The van der Waals surface area contributed by atoms with Crippen molar-refractivity contribution in [3.63, 3.8) is 0 Å². The summed E-state index contributed by atoms with van der Waals surface area (Å²) in [6.45, 7) is 9.15. The molecule has 108 valence electrons. The Balaban J connectivity index is 2.03. The lowest BCUT2D eigenvalue weighted by molar-refractivity contribution is 0.324. The van der Waals surface area contributed by atoms with Gasteiger partial charge in [-0.25, -0.2) is 0 Å². The number of anilines is 1. The van der Waals surface area contributed by atoms with Crippen LogP contribution >= 0.6 is 11.6 Å². The molecule has 1 aliphatic rings. The van der Waals surface area contributed by atoms with E-state index in [1.807, 2.05) is 6.07 Å². The average molecular weight is 291 g/mol. The van der Waals surface area contributed by atoms with E-state index in [1.165, 1.54) is 23.2 Å². The number of hydrogen-bond donors (Lipinski definition) is 1. The number of nitrogens with zero attached hydrogens (tertiary/aromatic N) is 1. The Morgan fingerprint density at radius 2 is 2.05 bits per heavy atom. The zero-order valence-corrected chi connectivity index (χ0v) is 13.3. The van der Waals surface area contributed by atoms with Crippen molar-refractivity contribution in [1.82, 2.24) is 4.98 Å². The number of halogens is 1. The van der Waals surface area contributed by atoms with Crippen molar-refractivity contribution in [2.45, 2.75) is 33.6 Å². The van der Waals surface area contributed by atoms with E-state index in [9.17, 15) is 0 Å². The third-order valence-corrected chi connectivity index (χ3v) is 5.01. The Labute approximate surface area is 126 Å². The van der Waals surface area contributed by atoms with Gasteiger partial charge in [-0.15, -0.1) is 0 Å². The van der Waals surface area contributed by atoms with Crippen molar-refractivity contribution < 1.29 is 0 Å². The van der Waals surface area contributed by atoms with E-state index in [-0.39, 0.29) is 0 Å². The number of aryl methyl sites for hydroxylation is 1. The molecule has 1 aromatic heterocycles. The summed E-state index contributed by atoms with van der Waals surface area (Å²) in [4.78, 5) is 5.98. The van der Waals surface area contributed by atoms with Gasteiger partial charge in [0.1, 0.15) is 0 Å². The molecule has 2 aromatic rings. The lowest BCUT2D eigenvalue weighted by Gasteiger charge is -2.37. The van der Waals surface area contributed by atoms with E-state index in [4.69, 9.17) is 11.6 Å². The molecule has 0 bridgehead atoms. The van der Waals surface area contributed by atoms with Crippen LogP contribution in [0.15, 0.2) is 18.2 Å². The molecular formula is C17H23ClN2. The van der Waals surface area contributed by atoms with Crippen LogP contribution in [0, 0.1) is 11.8 Å². The molecule has 0 saturated carbocycles. The van der Waals surface area contributed by atoms with Gasteiger partial charge in [0.05, 0.1) is 0 Å². The van der Waals surface area contributed by atoms with Crippen LogP contribution in [0.2, 0.25) is 5.02 Å². The molecular weight excluding hydrogens is 268 g/mol. The molecule has 0 spiro atoms. The summed E-state index contributed by atoms with van der Waals surface area (Å²) < 4.78 is 0. The number of benzene rings is 1. The van der Waals surface area contributed by atoms with Crippen molar-refractivity contribution in [2.24, 2.45) is 11.8 Å². The topological polar surface area (TPSA) is 19.0 Å². The molecule has 2 atom stereocenters. The second kappa shape index (κ2) is 5.33. The molecule has 2 nitrogen and oxygen atoms in total. The van der Waals surface area contributed by atoms with Crippen LogP contribution in [0.5, 0.6) is 0 Å². The molecule has 2 unspecified atom stereocenters. The zero-order chi connectivity index (χ0) is 14.3. The Kier molecular flexibility index (Phi) is 3.68. The number of aromatic amines is 1. The second-order valence-electron chi connectivity index (χ2n) is 6.22. The predicted molar refractivity (Wildman–Crippen MR) is 87.8 cm³/mol. The number of aromatic nitrogens is 1. The van der Waals surface area contributed by atoms with E-state index < -0.39 is 0 Å². The molecule has 20 heavy (non-hydrogen) atoms. The van der Waals surface area contributed by atoms with Crippen molar-refractivity contribution in [2.75, 3.05) is 18.0 Å². The summed E-state index contributed by atoms with van der Waals surface area (Å²) in [6, 6.07) is 6.44. The smallest absolute Gasteiger partial charge is 0.0492 e. The number of rotatable bonds is 2. The van der Waals surface area contributed by atoms with Gasteiger partial charge >= 0.3 is 0 Å². The zero-order valence-electron chi connectivity index (χ0n) is 12.5. The molecule has 1 N–H and O–H groups in total. The first-order chi connectivity index (χ1) is 9.58. The van der Waals surface area contributed by atoms with Crippen molar-refractivity contribution in [1.29, 1.82) is 0 Å². The largest absolute Gasteiger partial charge is 0.371 e. The molecule has 0 amide bonds. The summed E-state index contributed by atoms with van der Waals surface area (Å²) in [6.07, 6.45) is 2.29. The fourth-order valence-electron chi connectivity index (χ4n) is 3.18. The van der Waals surface area contributed by atoms with Crippen LogP contribution in [0.1, 0.15) is 32.9 Å². The van der Waals surface area contributed by atoms with Gasteiger partial charge < -0.3 is 9.88 Å². The van der Waals surface area contributed by atoms with Gasteiger partial charge in [-0.05, 0) is 42.9 Å². The maximum absolute atomic E-state index is 6.31. The van der Waals surface area contributed by atoms with Crippen molar-refractivity contribution in [3.8, 4) is 0 Å². The number of piperidine rings is 1. The van der Waals surface area contributed by atoms with Crippen molar-refractivity contribution in [3.05, 3.63) is 28.9 Å². The van der Waals surface area contributed by atoms with Crippen LogP contribution < -0.4 is 4.90 Å². The molecule has 0 radical (unpaired) electrons. The van der Waals surface area contributed by atoms with Gasteiger partial charge in [-0.1, -0.05) is 32.4 Å². The van der Waals surface area contributed by atoms with Crippen molar-refractivity contribution >= 4 is 28.2 Å². The van der Waals surface area contributed by atoms with E-state index in [2.05, 4.69) is 42.8 Å². The highest BCUT2D eigenvalue weighted by Gasteiger charge is 2.24. The third-order valence-electron chi connectivity index (χ3n) is 4.79. The van der Waals surface area contributed by atoms with E-state index in [0.717, 1.165) is 41.9 Å². The van der Waals surface area contributed by atoms with Gasteiger partial charge in [0.15, 0.2) is 0 Å². The Hall–Kier alpha value is -1.15. The lowest BCUT2D eigenvalue weighted by Crippen LogP contribution is -2.38. The highest BCUT2D eigenvalue weighted by Crippen LogP contribution is 2.35. The summed E-state index contributed by atoms with van der Waals surface area (Å²) in [5.41, 5.74) is 3.74. The first kappa shape index (κ1) is 13.8. The first-order valence-corrected chi connectivity index (χ1v) is 8.02. The predicted octanol–water partition coefficient (Wildman–Crippen LogP) is 4.87. The van der Waals surface area contributed by atoms with Crippen LogP contribution in [0.4, 0.5) is 5.69 Å². The maximum Gasteiger partial charge on any atom is 0.0492 e. The molecule has 0 aliphatic carbocycles. The minimum absolute atomic E-state index is 0.738. The summed E-state index contributed by atoms with van der Waals surface area (Å²) in [7, 11) is 0. The van der Waals surface area contributed by atoms with Gasteiger partial charge in [0, 0.05) is 40.4 Å². The fraction of sp³-hybridized carbons (Fsp3) is 0.529. The van der Waals surface area contributed by atoms with Crippen LogP contribution in [-0.2, 0) is 6.42 Å². The van der Waals surface area contributed by atoms with Gasteiger partial charge in [0.25, 0.3) is 0 Å². The average Bonchev–Trinajstić information content (AvgIpc) is 2.83. The maximum atomic E-state index is 6.31. The normalized spacial score (nSPS) is 23.5. The molecule has 3 rings (SSSR count). The van der Waals surface area contributed by atoms with Gasteiger partial charge in [-0.2, -0.15) is 0 Å². The Morgan fingerprint density at radius 1 is 1.25 bits per heavy atom. The van der Waals surface area contributed by atoms with E-state index in [1.54, 1.807) is 0 Å². The summed E-state index contributed by atoms with van der Waals surface area (Å²) in [5, 5.41) is 2.14. The Morgan fingerprint density at radius 3 is 2.75 bits per heavy atom. The molecule has 2 heterocycles. The highest BCUT2D eigenvalue weighted by molar-refractivity contribution is 6.31. The third kappa shape index (κ3) is 2.42. The molecule has 1 fully saturated rings. The van der Waals surface area contributed by atoms with E-state index in [0.29, 0.717) is 0 Å².